The third kappa shape index (κ3) is 8.28. The fourth-order valence-electron chi connectivity index (χ4n) is 5.60. The molecule has 0 aliphatic carbocycles. The van der Waals surface area contributed by atoms with Crippen LogP contribution in [-0.4, -0.2) is 55.1 Å². The zero-order valence-electron chi connectivity index (χ0n) is 28.0. The van der Waals surface area contributed by atoms with Gasteiger partial charge in [0.1, 0.15) is 22.5 Å². The van der Waals surface area contributed by atoms with Crippen molar-refractivity contribution in [2.75, 3.05) is 46.8 Å². The minimum Gasteiger partial charge on any atom is -0.497 e. The van der Waals surface area contributed by atoms with Gasteiger partial charge in [-0.1, -0.05) is 36.4 Å². The normalized spacial score (nSPS) is 11.4. The van der Waals surface area contributed by atoms with Crippen molar-refractivity contribution in [2.24, 2.45) is 0 Å². The molecule has 246 valence electrons. The first-order valence-electron chi connectivity index (χ1n) is 15.7. The first-order chi connectivity index (χ1) is 22.8. The van der Waals surface area contributed by atoms with E-state index in [0.717, 1.165) is 85.8 Å². The van der Waals surface area contributed by atoms with Gasteiger partial charge in [0.2, 0.25) is 0 Å². The summed E-state index contributed by atoms with van der Waals surface area (Å²) in [6.45, 7) is 2.17. The zero-order chi connectivity index (χ0) is 32.8. The highest BCUT2D eigenvalue weighted by Gasteiger charge is 2.15. The average Bonchev–Trinajstić information content (AvgIpc) is 3.59. The Morgan fingerprint density at radius 1 is 0.688 bits per heavy atom. The van der Waals surface area contributed by atoms with Crippen molar-refractivity contribution in [1.82, 2.24) is 8.75 Å². The van der Waals surface area contributed by atoms with Crippen LogP contribution >= 0.6 is 28.7 Å². The Bertz CT molecular complexity index is 1900. The van der Waals surface area contributed by atoms with Gasteiger partial charge in [0.25, 0.3) is 0 Å². The number of hydrogen-bond donors (Lipinski definition) is 0. The zero-order valence-corrected chi connectivity index (χ0v) is 30.6. The highest BCUT2D eigenvalue weighted by Crippen LogP contribution is 2.38. The van der Waals surface area contributed by atoms with E-state index in [-0.39, 0.29) is 17.0 Å². The number of fused-ring (bicyclic) bond motifs is 1. The van der Waals surface area contributed by atoms with Gasteiger partial charge in [-0.25, -0.2) is 4.57 Å². The molecule has 0 saturated heterocycles. The number of aromatic nitrogens is 3. The van der Waals surface area contributed by atoms with E-state index in [0.29, 0.717) is 0 Å². The van der Waals surface area contributed by atoms with Crippen LogP contribution in [0, 0.1) is 0 Å². The molecule has 0 unspecified atom stereocenters. The molecule has 6 rings (SSSR count). The van der Waals surface area contributed by atoms with Gasteiger partial charge < -0.3 is 18.9 Å². The molecule has 0 aliphatic heterocycles. The highest BCUT2D eigenvalue weighted by molar-refractivity contribution is 8.93. The minimum absolute atomic E-state index is 0. The Morgan fingerprint density at radius 2 is 1.23 bits per heavy atom. The lowest BCUT2D eigenvalue weighted by Gasteiger charge is -2.26. The van der Waals surface area contributed by atoms with Crippen LogP contribution in [0.25, 0.3) is 34.3 Å². The van der Waals surface area contributed by atoms with E-state index in [4.69, 9.17) is 13.8 Å². The van der Waals surface area contributed by atoms with Crippen LogP contribution in [0.2, 0.25) is 0 Å². The lowest BCUT2D eigenvalue weighted by Crippen LogP contribution is -2.39. The molecule has 0 bridgehead atoms. The largest absolute Gasteiger partial charge is 0.497 e. The number of quaternary nitrogens is 1. The molecule has 9 heteroatoms. The lowest BCUT2D eigenvalue weighted by atomic mass is 10.0. The number of ether oxygens (including phenoxy) is 2. The van der Waals surface area contributed by atoms with Crippen molar-refractivity contribution >= 4 is 69.0 Å². The van der Waals surface area contributed by atoms with Gasteiger partial charge in [-0.05, 0) is 71.8 Å². The van der Waals surface area contributed by atoms with Gasteiger partial charge in [0, 0.05) is 40.3 Å². The van der Waals surface area contributed by atoms with Gasteiger partial charge in [-0.2, -0.15) is 8.75 Å². The van der Waals surface area contributed by atoms with E-state index in [1.165, 1.54) is 11.7 Å². The molecule has 0 amide bonds. The van der Waals surface area contributed by atoms with Gasteiger partial charge in [-0.15, -0.1) is 17.0 Å². The summed E-state index contributed by atoms with van der Waals surface area (Å²) in [5.74, 6) is 1.63. The number of aryl methyl sites for hydroxylation is 1. The van der Waals surface area contributed by atoms with Crippen LogP contribution < -0.4 is 18.9 Å². The van der Waals surface area contributed by atoms with E-state index < -0.39 is 0 Å². The maximum atomic E-state index is 5.40. The van der Waals surface area contributed by atoms with Gasteiger partial charge in [0.05, 0.1) is 60.1 Å². The van der Waals surface area contributed by atoms with Gasteiger partial charge >= 0.3 is 0 Å². The Labute approximate surface area is 298 Å². The van der Waals surface area contributed by atoms with Crippen molar-refractivity contribution in [1.29, 1.82) is 0 Å². The van der Waals surface area contributed by atoms with Crippen LogP contribution in [0.4, 0.5) is 17.1 Å². The van der Waals surface area contributed by atoms with Crippen molar-refractivity contribution in [3.63, 3.8) is 0 Å². The molecule has 6 aromatic rings. The topological polar surface area (TPSA) is 51.4 Å². The number of benzene rings is 4. The summed E-state index contributed by atoms with van der Waals surface area (Å²) in [5.41, 5.74) is 9.28. The fourth-order valence-corrected chi connectivity index (χ4v) is 6.18. The second kappa shape index (κ2) is 15.6. The molecular formula is C39H42BrN5O2S+2. The second-order valence-corrected chi connectivity index (χ2v) is 13.0. The van der Waals surface area contributed by atoms with Crippen molar-refractivity contribution in [3.05, 3.63) is 121 Å². The van der Waals surface area contributed by atoms with Crippen molar-refractivity contribution in [2.45, 2.75) is 13.0 Å². The maximum absolute atomic E-state index is 5.40. The van der Waals surface area contributed by atoms with E-state index in [1.807, 2.05) is 24.3 Å². The first-order valence-corrected chi connectivity index (χ1v) is 16.5. The maximum Gasteiger partial charge on any atom is 0.169 e. The lowest BCUT2D eigenvalue weighted by molar-refractivity contribution is -0.873. The molecule has 4 aromatic carbocycles. The third-order valence-corrected chi connectivity index (χ3v) is 8.69. The number of pyridine rings is 1. The number of methoxy groups -OCH3 is 2. The molecule has 0 atom stereocenters. The average molecular weight is 725 g/mol. The minimum atomic E-state index is 0. The molecule has 0 aliphatic rings. The predicted molar refractivity (Wildman–Crippen MR) is 204 cm³/mol. The standard InChI is InChI=1S/C39H41N5O2S.BrH/c1-44(2,3)28-6-25-42-26-23-29(24-27-42)7-8-31-11-22-37(39-38(31)40-47-41-39)30-9-12-32(13-10-30)43(33-14-18-35(45-4)19-15-33)34-16-20-36(46-5)21-17-34;/h7-24,26-27H,6,25,28H2,1-5H3;1H/q+2;. The molecule has 2 heterocycles. The van der Waals surface area contributed by atoms with E-state index in [1.54, 1.807) is 14.2 Å². The molecule has 0 radical (unpaired) electrons. The Kier molecular flexibility index (Phi) is 11.3. The number of rotatable bonds is 12. The molecule has 0 spiro atoms. The van der Waals surface area contributed by atoms with Crippen molar-refractivity contribution in [3.8, 4) is 22.6 Å². The Morgan fingerprint density at radius 3 is 1.77 bits per heavy atom. The predicted octanol–water partition coefficient (Wildman–Crippen LogP) is 8.98. The quantitative estimate of drug-likeness (QED) is 0.0932. The number of nitrogens with zero attached hydrogens (tertiary/aromatic N) is 5. The van der Waals surface area contributed by atoms with Crippen LogP contribution in [0.15, 0.2) is 109 Å². The summed E-state index contributed by atoms with van der Waals surface area (Å²) in [5, 5.41) is 0. The van der Waals surface area contributed by atoms with Crippen LogP contribution in [0.1, 0.15) is 17.5 Å². The van der Waals surface area contributed by atoms with Crippen LogP contribution in [0.3, 0.4) is 0 Å². The fraction of sp³-hybridized carbons (Fsp3) is 0.205. The highest BCUT2D eigenvalue weighted by atomic mass is 79.9. The molecular weight excluding hydrogens is 682 g/mol. The number of halogens is 1. The smallest absolute Gasteiger partial charge is 0.169 e. The van der Waals surface area contributed by atoms with Crippen molar-refractivity contribution < 1.29 is 18.5 Å². The van der Waals surface area contributed by atoms with Gasteiger partial charge in [-0.3, -0.25) is 0 Å². The Hall–Kier alpha value is -4.57. The summed E-state index contributed by atoms with van der Waals surface area (Å²) < 4.78 is 23.4. The summed E-state index contributed by atoms with van der Waals surface area (Å²) in [6, 6.07) is 33.4. The summed E-state index contributed by atoms with van der Waals surface area (Å²) in [6.07, 6.45) is 9.75. The number of anilines is 3. The number of hydrogen-bond acceptors (Lipinski definition) is 6. The molecule has 0 saturated carbocycles. The second-order valence-electron chi connectivity index (χ2n) is 12.5. The van der Waals surface area contributed by atoms with Crippen LogP contribution in [-0.2, 0) is 6.54 Å². The molecule has 0 N–H and O–H groups in total. The monoisotopic (exact) mass is 723 g/mol. The van der Waals surface area contributed by atoms with E-state index in [9.17, 15) is 0 Å². The SMILES string of the molecule is Br.COc1ccc(N(c2ccc(OC)cc2)c2ccc(-c3ccc(C=Cc4cc[n+](CCC[N+](C)(C)C)cc4)c4nsnc34)cc2)cc1. The molecule has 7 nitrogen and oxygen atoms in total. The molecule has 0 fully saturated rings. The van der Waals surface area contributed by atoms with Crippen LogP contribution in [0.5, 0.6) is 11.5 Å². The molecule has 2 aromatic heterocycles. The summed E-state index contributed by atoms with van der Waals surface area (Å²) >= 11 is 1.25. The van der Waals surface area contributed by atoms with E-state index >= 15 is 0 Å². The molecule has 48 heavy (non-hydrogen) atoms. The summed E-state index contributed by atoms with van der Waals surface area (Å²) in [7, 11) is 10.1. The van der Waals surface area contributed by atoms with E-state index in [2.05, 4.69) is 132 Å². The Balaban J connectivity index is 0.00000451. The summed E-state index contributed by atoms with van der Waals surface area (Å²) in [4.78, 5) is 2.22. The third-order valence-electron chi connectivity index (χ3n) is 8.16. The first kappa shape index (κ1) is 34.8. The van der Waals surface area contributed by atoms with Gasteiger partial charge in [0.15, 0.2) is 18.9 Å².